The van der Waals surface area contributed by atoms with Gasteiger partial charge < -0.3 is 9.47 Å². The summed E-state index contributed by atoms with van der Waals surface area (Å²) >= 11 is 0. The lowest BCUT2D eigenvalue weighted by molar-refractivity contribution is 0.210. The van der Waals surface area contributed by atoms with Gasteiger partial charge in [-0.25, -0.2) is 4.98 Å². The first kappa shape index (κ1) is 22.3. The molecule has 2 rings (SSSR count). The molecule has 2 aromatic rings. The lowest BCUT2D eigenvalue weighted by Crippen LogP contribution is -2.11. The molecule has 0 spiro atoms. The van der Waals surface area contributed by atoms with Crippen LogP contribution in [-0.2, 0) is 0 Å². The van der Waals surface area contributed by atoms with Crippen molar-refractivity contribution in [1.82, 2.24) is 4.98 Å². The number of rotatable bonds is 14. The highest BCUT2D eigenvalue weighted by atomic mass is 16.5. The predicted octanol–water partition coefficient (Wildman–Crippen LogP) is 7.45. The Morgan fingerprint density at radius 2 is 1.54 bits per heavy atom. The van der Waals surface area contributed by atoms with Crippen molar-refractivity contribution in [3.63, 3.8) is 0 Å². The van der Waals surface area contributed by atoms with Crippen molar-refractivity contribution < 1.29 is 9.47 Å². The topological polar surface area (TPSA) is 31.4 Å². The molecule has 0 radical (unpaired) electrons. The van der Waals surface area contributed by atoms with Crippen LogP contribution >= 0.6 is 0 Å². The second-order valence-electron chi connectivity index (χ2n) is 7.54. The van der Waals surface area contributed by atoms with E-state index in [9.17, 15) is 0 Å². The molecule has 0 aliphatic rings. The molecular weight excluding hydrogens is 346 g/mol. The quantitative estimate of drug-likeness (QED) is 0.317. The summed E-state index contributed by atoms with van der Waals surface area (Å²) in [5.41, 5.74) is 2.13. The first-order chi connectivity index (χ1) is 13.7. The summed E-state index contributed by atoms with van der Waals surface area (Å²) < 4.78 is 11.9. The van der Waals surface area contributed by atoms with E-state index in [4.69, 9.17) is 9.47 Å². The molecule has 0 unspecified atom stereocenters. The molecule has 1 aromatic heterocycles. The molecule has 0 aliphatic carbocycles. The fourth-order valence-electron chi connectivity index (χ4n) is 3.14. The zero-order valence-corrected chi connectivity index (χ0v) is 18.0. The summed E-state index contributed by atoms with van der Waals surface area (Å²) in [6, 6.07) is 12.3. The molecule has 3 nitrogen and oxygen atoms in total. The van der Waals surface area contributed by atoms with Crippen LogP contribution in [0.1, 0.15) is 78.6 Å². The van der Waals surface area contributed by atoms with Crippen LogP contribution < -0.4 is 9.47 Å². The number of hydrogen-bond acceptors (Lipinski definition) is 3. The standard InChI is InChI=1S/C25H37NO2/c1-4-6-7-8-9-10-11-12-20-27-23-17-15-22(16-18-23)24-14-13-19-26-25(24)28-21(3)5-2/h13-19,21H,4-12,20H2,1-3H3/t21-/m0/s1. The van der Waals surface area contributed by atoms with E-state index in [1.54, 1.807) is 6.20 Å². The molecule has 1 atom stereocenters. The van der Waals surface area contributed by atoms with Crippen molar-refractivity contribution in [2.75, 3.05) is 6.61 Å². The summed E-state index contributed by atoms with van der Waals surface area (Å²) in [4.78, 5) is 4.41. The van der Waals surface area contributed by atoms with Gasteiger partial charge in [-0.2, -0.15) is 0 Å². The van der Waals surface area contributed by atoms with Crippen molar-refractivity contribution in [1.29, 1.82) is 0 Å². The summed E-state index contributed by atoms with van der Waals surface area (Å²) in [7, 11) is 0. The van der Waals surface area contributed by atoms with Gasteiger partial charge in [0.1, 0.15) is 5.75 Å². The average molecular weight is 384 g/mol. The minimum Gasteiger partial charge on any atom is -0.494 e. The normalized spacial score (nSPS) is 12.0. The van der Waals surface area contributed by atoms with Gasteiger partial charge in [0.05, 0.1) is 12.7 Å². The number of nitrogens with zero attached hydrogens (tertiary/aromatic N) is 1. The molecule has 0 amide bonds. The molecule has 0 N–H and O–H groups in total. The van der Waals surface area contributed by atoms with E-state index < -0.39 is 0 Å². The Morgan fingerprint density at radius 1 is 0.857 bits per heavy atom. The van der Waals surface area contributed by atoms with E-state index in [2.05, 4.69) is 44.0 Å². The minimum absolute atomic E-state index is 0.155. The van der Waals surface area contributed by atoms with Crippen LogP contribution in [0.25, 0.3) is 11.1 Å². The Morgan fingerprint density at radius 3 is 2.21 bits per heavy atom. The van der Waals surface area contributed by atoms with Gasteiger partial charge >= 0.3 is 0 Å². The molecule has 0 bridgehead atoms. The fourth-order valence-corrected chi connectivity index (χ4v) is 3.14. The van der Waals surface area contributed by atoms with Crippen molar-refractivity contribution >= 4 is 0 Å². The van der Waals surface area contributed by atoms with Gasteiger partial charge in [0.2, 0.25) is 5.88 Å². The van der Waals surface area contributed by atoms with Gasteiger partial charge in [-0.1, -0.05) is 70.9 Å². The van der Waals surface area contributed by atoms with Crippen LogP contribution in [0.5, 0.6) is 11.6 Å². The second-order valence-corrected chi connectivity index (χ2v) is 7.54. The molecule has 0 saturated carbocycles. The molecule has 1 aromatic carbocycles. The van der Waals surface area contributed by atoms with E-state index in [0.717, 1.165) is 36.3 Å². The van der Waals surface area contributed by atoms with Crippen LogP contribution in [0.4, 0.5) is 0 Å². The van der Waals surface area contributed by atoms with Crippen LogP contribution in [0.3, 0.4) is 0 Å². The fraction of sp³-hybridized carbons (Fsp3) is 0.560. The highest BCUT2D eigenvalue weighted by molar-refractivity contribution is 5.68. The van der Waals surface area contributed by atoms with Gasteiger partial charge in [0.25, 0.3) is 0 Å². The maximum absolute atomic E-state index is 5.97. The number of pyridine rings is 1. The summed E-state index contributed by atoms with van der Waals surface area (Å²) in [6.45, 7) is 7.25. The number of hydrogen-bond donors (Lipinski definition) is 0. The van der Waals surface area contributed by atoms with Crippen LogP contribution in [-0.4, -0.2) is 17.7 Å². The predicted molar refractivity (Wildman–Crippen MR) is 118 cm³/mol. The third-order valence-electron chi connectivity index (χ3n) is 5.09. The number of benzene rings is 1. The lowest BCUT2D eigenvalue weighted by Gasteiger charge is -2.15. The van der Waals surface area contributed by atoms with E-state index in [1.165, 1.54) is 44.9 Å². The molecule has 0 saturated heterocycles. The van der Waals surface area contributed by atoms with E-state index in [0.29, 0.717) is 5.88 Å². The summed E-state index contributed by atoms with van der Waals surface area (Å²) in [5.74, 6) is 1.63. The van der Waals surface area contributed by atoms with Crippen molar-refractivity contribution in [2.45, 2.75) is 84.7 Å². The lowest BCUT2D eigenvalue weighted by atomic mass is 10.1. The maximum Gasteiger partial charge on any atom is 0.221 e. The van der Waals surface area contributed by atoms with Gasteiger partial charge in [-0.3, -0.25) is 0 Å². The van der Waals surface area contributed by atoms with E-state index >= 15 is 0 Å². The first-order valence-corrected chi connectivity index (χ1v) is 11.1. The summed E-state index contributed by atoms with van der Waals surface area (Å²) in [5, 5.41) is 0. The third kappa shape index (κ3) is 7.92. The molecule has 1 heterocycles. The summed E-state index contributed by atoms with van der Waals surface area (Å²) in [6.07, 6.45) is 13.4. The number of unbranched alkanes of at least 4 members (excludes halogenated alkanes) is 7. The largest absolute Gasteiger partial charge is 0.494 e. The zero-order chi connectivity index (χ0) is 20.0. The molecule has 28 heavy (non-hydrogen) atoms. The number of aromatic nitrogens is 1. The smallest absolute Gasteiger partial charge is 0.221 e. The van der Waals surface area contributed by atoms with Crippen LogP contribution in [0, 0.1) is 0 Å². The molecule has 0 aliphatic heterocycles. The van der Waals surface area contributed by atoms with Crippen molar-refractivity contribution in [3.05, 3.63) is 42.6 Å². The molecule has 3 heteroatoms. The highest BCUT2D eigenvalue weighted by Crippen LogP contribution is 2.30. The zero-order valence-electron chi connectivity index (χ0n) is 18.0. The van der Waals surface area contributed by atoms with Gasteiger partial charge in [0.15, 0.2) is 0 Å². The Hall–Kier alpha value is -2.03. The SMILES string of the molecule is CCCCCCCCCCOc1ccc(-c2cccnc2O[C@@H](C)CC)cc1. The Labute approximate surface area is 171 Å². The molecule has 154 valence electrons. The maximum atomic E-state index is 5.97. The van der Waals surface area contributed by atoms with Crippen molar-refractivity contribution in [2.24, 2.45) is 0 Å². The number of ether oxygens (including phenoxy) is 2. The van der Waals surface area contributed by atoms with Crippen LogP contribution in [0.2, 0.25) is 0 Å². The van der Waals surface area contributed by atoms with E-state index in [-0.39, 0.29) is 6.10 Å². The van der Waals surface area contributed by atoms with Crippen molar-refractivity contribution in [3.8, 4) is 22.8 Å². The third-order valence-corrected chi connectivity index (χ3v) is 5.09. The average Bonchev–Trinajstić information content (AvgIpc) is 2.73. The Balaban J connectivity index is 1.76. The highest BCUT2D eigenvalue weighted by Gasteiger charge is 2.10. The van der Waals surface area contributed by atoms with Crippen LogP contribution in [0.15, 0.2) is 42.6 Å². The minimum atomic E-state index is 0.155. The van der Waals surface area contributed by atoms with E-state index in [1.807, 2.05) is 18.2 Å². The van der Waals surface area contributed by atoms with Gasteiger partial charge in [-0.05, 0) is 49.6 Å². The second kappa shape index (κ2) is 13.2. The van der Waals surface area contributed by atoms with Gasteiger partial charge in [0, 0.05) is 11.8 Å². The Kier molecular flexibility index (Phi) is 10.5. The monoisotopic (exact) mass is 383 g/mol. The molecular formula is C25H37NO2. The molecule has 0 fully saturated rings. The first-order valence-electron chi connectivity index (χ1n) is 11.1. The van der Waals surface area contributed by atoms with Gasteiger partial charge in [-0.15, -0.1) is 0 Å². The Bertz CT molecular complexity index is 654.